The topological polar surface area (TPSA) is 101 Å². The van der Waals surface area contributed by atoms with Gasteiger partial charge in [-0.15, -0.1) is 12.4 Å². The summed E-state index contributed by atoms with van der Waals surface area (Å²) in [4.78, 5) is 12.1. The van der Waals surface area contributed by atoms with Crippen LogP contribution in [0.15, 0.2) is 24.3 Å². The molecule has 8 heteroatoms. The SMILES string of the molecule is CCC(N)(CC)CNC(=O)c1ccc(CNS(=O)(=O)CC)cc1.Cl. The Bertz CT molecular complexity index is 614. The number of hydrogen-bond acceptors (Lipinski definition) is 4. The van der Waals surface area contributed by atoms with Crippen molar-refractivity contribution in [3.63, 3.8) is 0 Å². The molecule has 0 aliphatic heterocycles. The number of amides is 1. The fourth-order valence-electron chi connectivity index (χ4n) is 1.93. The number of rotatable bonds is 9. The first kappa shape index (κ1) is 22.9. The highest BCUT2D eigenvalue weighted by molar-refractivity contribution is 7.89. The zero-order valence-corrected chi connectivity index (χ0v) is 16.1. The van der Waals surface area contributed by atoms with Crippen molar-refractivity contribution in [2.24, 2.45) is 5.73 Å². The molecular weight excluding hydrogens is 350 g/mol. The molecule has 1 amide bonds. The van der Waals surface area contributed by atoms with Crippen LogP contribution in [0.2, 0.25) is 0 Å². The molecule has 1 rings (SSSR count). The van der Waals surface area contributed by atoms with Crippen LogP contribution >= 0.6 is 12.4 Å². The Morgan fingerprint density at radius 1 is 1.12 bits per heavy atom. The minimum atomic E-state index is -3.22. The van der Waals surface area contributed by atoms with Gasteiger partial charge in [-0.3, -0.25) is 4.79 Å². The Morgan fingerprint density at radius 2 is 1.67 bits per heavy atom. The minimum absolute atomic E-state index is 0. The predicted molar refractivity (Wildman–Crippen MR) is 99.8 cm³/mol. The van der Waals surface area contributed by atoms with Gasteiger partial charge < -0.3 is 11.1 Å². The van der Waals surface area contributed by atoms with E-state index in [2.05, 4.69) is 10.0 Å². The second-order valence-corrected chi connectivity index (χ2v) is 7.77. The molecule has 0 spiro atoms. The first-order chi connectivity index (χ1) is 10.7. The van der Waals surface area contributed by atoms with Gasteiger partial charge in [0, 0.05) is 24.2 Å². The maximum absolute atomic E-state index is 12.1. The van der Waals surface area contributed by atoms with E-state index in [1.54, 1.807) is 31.2 Å². The third-order valence-corrected chi connectivity index (χ3v) is 5.45. The van der Waals surface area contributed by atoms with E-state index in [9.17, 15) is 13.2 Å². The van der Waals surface area contributed by atoms with Crippen molar-refractivity contribution in [1.29, 1.82) is 0 Å². The Labute approximate surface area is 151 Å². The molecule has 0 aromatic heterocycles. The van der Waals surface area contributed by atoms with Crippen molar-refractivity contribution in [2.45, 2.75) is 45.7 Å². The fraction of sp³-hybridized carbons (Fsp3) is 0.562. The highest BCUT2D eigenvalue weighted by Gasteiger charge is 2.21. The Hall–Kier alpha value is -1.15. The maximum Gasteiger partial charge on any atom is 0.251 e. The largest absolute Gasteiger partial charge is 0.350 e. The molecule has 1 aromatic rings. The molecule has 0 atom stereocenters. The Kier molecular flexibility index (Phi) is 9.50. The molecular formula is C16H28ClN3O3S. The van der Waals surface area contributed by atoms with E-state index in [-0.39, 0.29) is 36.2 Å². The third-order valence-electron chi connectivity index (χ3n) is 4.10. The van der Waals surface area contributed by atoms with E-state index in [4.69, 9.17) is 5.73 Å². The van der Waals surface area contributed by atoms with Gasteiger partial charge in [-0.1, -0.05) is 26.0 Å². The van der Waals surface area contributed by atoms with Crippen LogP contribution in [0.5, 0.6) is 0 Å². The molecule has 1 aromatic carbocycles. The summed E-state index contributed by atoms with van der Waals surface area (Å²) < 4.78 is 25.3. The van der Waals surface area contributed by atoms with E-state index in [1.165, 1.54) is 0 Å². The number of sulfonamides is 1. The van der Waals surface area contributed by atoms with Crippen molar-refractivity contribution in [3.8, 4) is 0 Å². The average Bonchev–Trinajstić information content (AvgIpc) is 2.58. The molecule has 4 N–H and O–H groups in total. The van der Waals surface area contributed by atoms with Gasteiger partial charge in [0.1, 0.15) is 0 Å². The first-order valence-electron chi connectivity index (χ1n) is 7.88. The maximum atomic E-state index is 12.1. The smallest absolute Gasteiger partial charge is 0.251 e. The quantitative estimate of drug-likeness (QED) is 0.610. The molecule has 0 aliphatic carbocycles. The van der Waals surface area contributed by atoms with Crippen LogP contribution < -0.4 is 15.8 Å². The normalized spacial score (nSPS) is 11.7. The highest BCUT2D eigenvalue weighted by atomic mass is 35.5. The van der Waals surface area contributed by atoms with E-state index in [1.807, 2.05) is 13.8 Å². The lowest BCUT2D eigenvalue weighted by Crippen LogP contribution is -2.49. The Morgan fingerprint density at radius 3 is 2.12 bits per heavy atom. The fourth-order valence-corrected chi connectivity index (χ4v) is 2.52. The number of nitrogens with one attached hydrogen (secondary N) is 2. The first-order valence-corrected chi connectivity index (χ1v) is 9.54. The second kappa shape index (κ2) is 9.98. The van der Waals surface area contributed by atoms with Crippen LogP contribution in [0.3, 0.4) is 0 Å². The van der Waals surface area contributed by atoms with Crippen LogP contribution in [0.4, 0.5) is 0 Å². The van der Waals surface area contributed by atoms with Gasteiger partial charge in [-0.2, -0.15) is 0 Å². The standard InChI is InChI=1S/C16H27N3O3S.ClH/c1-4-16(17,5-2)12-18-15(20)14-9-7-13(8-10-14)11-19-23(21,22)6-3;/h7-10,19H,4-6,11-12,17H2,1-3H3,(H,18,20);1H. The molecule has 0 bridgehead atoms. The van der Waals surface area contributed by atoms with Crippen molar-refractivity contribution in [1.82, 2.24) is 10.0 Å². The van der Waals surface area contributed by atoms with Gasteiger partial charge in [0.25, 0.3) is 5.91 Å². The van der Waals surface area contributed by atoms with E-state index in [0.717, 1.165) is 18.4 Å². The van der Waals surface area contributed by atoms with Crippen molar-refractivity contribution in [2.75, 3.05) is 12.3 Å². The van der Waals surface area contributed by atoms with E-state index in [0.29, 0.717) is 12.1 Å². The van der Waals surface area contributed by atoms with Crippen LogP contribution in [0, 0.1) is 0 Å². The summed E-state index contributed by atoms with van der Waals surface area (Å²) in [6.07, 6.45) is 1.58. The van der Waals surface area contributed by atoms with Crippen LogP contribution in [0.25, 0.3) is 0 Å². The minimum Gasteiger partial charge on any atom is -0.350 e. The highest BCUT2D eigenvalue weighted by Crippen LogP contribution is 2.10. The molecule has 0 radical (unpaired) electrons. The lowest BCUT2D eigenvalue weighted by atomic mass is 9.94. The van der Waals surface area contributed by atoms with Crippen molar-refractivity contribution in [3.05, 3.63) is 35.4 Å². The van der Waals surface area contributed by atoms with Gasteiger partial charge in [0.15, 0.2) is 0 Å². The summed E-state index contributed by atoms with van der Waals surface area (Å²) in [6, 6.07) is 6.84. The molecule has 0 saturated carbocycles. The molecule has 0 unspecified atom stereocenters. The summed E-state index contributed by atoms with van der Waals surface area (Å²) >= 11 is 0. The second-order valence-electron chi connectivity index (χ2n) is 5.67. The zero-order valence-electron chi connectivity index (χ0n) is 14.5. The molecule has 0 saturated heterocycles. The molecule has 24 heavy (non-hydrogen) atoms. The lowest BCUT2D eigenvalue weighted by molar-refractivity contribution is 0.0942. The summed E-state index contributed by atoms with van der Waals surface area (Å²) in [5.41, 5.74) is 7.11. The number of carbonyl (C=O) groups excluding carboxylic acids is 1. The number of nitrogens with two attached hydrogens (primary N) is 1. The molecule has 0 fully saturated rings. The predicted octanol–water partition coefficient (Wildman–Crippen LogP) is 1.79. The van der Waals surface area contributed by atoms with Crippen molar-refractivity contribution >= 4 is 28.3 Å². The van der Waals surface area contributed by atoms with Crippen molar-refractivity contribution < 1.29 is 13.2 Å². The molecule has 138 valence electrons. The van der Waals surface area contributed by atoms with Gasteiger partial charge >= 0.3 is 0 Å². The van der Waals surface area contributed by atoms with Gasteiger partial charge in [-0.05, 0) is 37.5 Å². The summed E-state index contributed by atoms with van der Waals surface area (Å²) in [6.45, 7) is 6.23. The molecule has 0 heterocycles. The number of benzene rings is 1. The van der Waals surface area contributed by atoms with E-state index < -0.39 is 10.0 Å². The summed E-state index contributed by atoms with van der Waals surface area (Å²) in [7, 11) is -3.22. The van der Waals surface area contributed by atoms with Gasteiger partial charge in [0.2, 0.25) is 10.0 Å². The van der Waals surface area contributed by atoms with Crippen LogP contribution in [-0.2, 0) is 16.6 Å². The van der Waals surface area contributed by atoms with Crippen LogP contribution in [0.1, 0.15) is 49.5 Å². The van der Waals surface area contributed by atoms with Gasteiger partial charge in [-0.25, -0.2) is 13.1 Å². The third kappa shape index (κ3) is 7.17. The van der Waals surface area contributed by atoms with Crippen LogP contribution in [-0.4, -0.2) is 32.2 Å². The average molecular weight is 378 g/mol. The zero-order chi connectivity index (χ0) is 17.5. The number of carbonyl (C=O) groups is 1. The Balaban J connectivity index is 0.00000529. The van der Waals surface area contributed by atoms with E-state index >= 15 is 0 Å². The molecule has 6 nitrogen and oxygen atoms in total. The number of halogens is 1. The number of hydrogen-bond donors (Lipinski definition) is 3. The van der Waals surface area contributed by atoms with Gasteiger partial charge in [0.05, 0.1) is 5.75 Å². The monoisotopic (exact) mass is 377 g/mol. The lowest BCUT2D eigenvalue weighted by Gasteiger charge is -2.26. The summed E-state index contributed by atoms with van der Waals surface area (Å²) in [5, 5.41) is 2.85. The molecule has 0 aliphatic rings. The summed E-state index contributed by atoms with van der Waals surface area (Å²) in [5.74, 6) is -0.133.